The predicted molar refractivity (Wildman–Crippen MR) is 144 cm³/mol. The number of rotatable bonds is 5. The molecule has 38 heavy (non-hydrogen) atoms. The molecule has 4 radical (unpaired) electrons. The van der Waals surface area contributed by atoms with E-state index in [0.29, 0.717) is 12.1 Å². The van der Waals surface area contributed by atoms with Gasteiger partial charge < -0.3 is 15.1 Å². The highest BCUT2D eigenvalue weighted by Gasteiger charge is 2.26. The van der Waals surface area contributed by atoms with Crippen molar-refractivity contribution in [1.82, 2.24) is 35.3 Å². The quantitative estimate of drug-likeness (QED) is 0.413. The zero-order valence-corrected chi connectivity index (χ0v) is 21.1. The zero-order chi connectivity index (χ0) is 26.3. The molecule has 0 saturated carbocycles. The van der Waals surface area contributed by atoms with Crippen LogP contribution < -0.4 is 15.1 Å². The van der Waals surface area contributed by atoms with Crippen LogP contribution in [0.3, 0.4) is 0 Å². The van der Waals surface area contributed by atoms with Crippen LogP contribution in [0.5, 0.6) is 0 Å². The zero-order valence-electron chi connectivity index (χ0n) is 21.1. The highest BCUT2D eigenvalue weighted by atomic mass is 16.2. The van der Waals surface area contributed by atoms with Gasteiger partial charge >= 0.3 is 0 Å². The van der Waals surface area contributed by atoms with Crippen molar-refractivity contribution < 1.29 is 4.79 Å². The summed E-state index contributed by atoms with van der Waals surface area (Å²) in [7, 11) is 12.3. The van der Waals surface area contributed by atoms with Crippen molar-refractivity contribution in [3.63, 3.8) is 0 Å². The van der Waals surface area contributed by atoms with Crippen LogP contribution in [-0.4, -0.2) is 64.6 Å². The minimum Gasteiger partial charge on any atom is -0.358 e. The smallest absolute Gasteiger partial charge is 0.271 e. The third-order valence-electron chi connectivity index (χ3n) is 7.03. The average molecular weight is 501 g/mol. The van der Waals surface area contributed by atoms with Crippen molar-refractivity contribution in [3.05, 3.63) is 83.2 Å². The summed E-state index contributed by atoms with van der Waals surface area (Å²) in [5, 5.41) is 14.1. The number of fused-ring (bicyclic) bond motifs is 2. The summed E-state index contributed by atoms with van der Waals surface area (Å²) in [6.07, 6.45) is 8.75. The van der Waals surface area contributed by atoms with Crippen molar-refractivity contribution in [2.24, 2.45) is 0 Å². The number of amides is 1. The van der Waals surface area contributed by atoms with Crippen molar-refractivity contribution in [1.29, 1.82) is 0 Å². The van der Waals surface area contributed by atoms with Gasteiger partial charge in [-0.3, -0.25) is 14.8 Å². The molecule has 4 aromatic rings. The molecule has 1 N–H and O–H groups in total. The number of nitrogens with zero attached hydrogens (tertiary/aromatic N) is 8. The second-order valence-electron chi connectivity index (χ2n) is 9.68. The fourth-order valence-corrected chi connectivity index (χ4v) is 5.08. The van der Waals surface area contributed by atoms with Crippen molar-refractivity contribution in [3.8, 4) is 0 Å². The van der Waals surface area contributed by atoms with E-state index < -0.39 is 11.2 Å². The first-order valence-electron chi connectivity index (χ1n) is 12.6. The lowest BCUT2D eigenvalue weighted by molar-refractivity contribution is 0.0936. The topological polar surface area (TPSA) is 105 Å². The first-order valence-corrected chi connectivity index (χ1v) is 12.6. The molecule has 0 saturated heterocycles. The van der Waals surface area contributed by atoms with Crippen molar-refractivity contribution >= 4 is 38.9 Å². The third kappa shape index (κ3) is 4.51. The minimum absolute atomic E-state index is 0.142. The van der Waals surface area contributed by atoms with Crippen LogP contribution in [-0.2, 0) is 24.8 Å². The van der Waals surface area contributed by atoms with E-state index in [0.717, 1.165) is 66.6 Å². The molecule has 0 fully saturated rings. The molecule has 2 aliphatic heterocycles. The fraction of sp³-hybridized carbons (Fsp3) is 0.308. The molecule has 4 aromatic heterocycles. The van der Waals surface area contributed by atoms with Gasteiger partial charge in [0.25, 0.3) is 5.91 Å². The van der Waals surface area contributed by atoms with Gasteiger partial charge in [0.05, 0.1) is 33.8 Å². The summed E-state index contributed by atoms with van der Waals surface area (Å²) in [5.74, 6) is 1.31. The molecular weight excluding hydrogens is 476 g/mol. The van der Waals surface area contributed by atoms with Gasteiger partial charge in [-0.05, 0) is 59.6 Å². The number of nitrogens with one attached hydrogen (secondary N) is 1. The molecule has 6 rings (SSSR count). The Morgan fingerprint density at radius 3 is 2.71 bits per heavy atom. The maximum Gasteiger partial charge on any atom is 0.271 e. The monoisotopic (exact) mass is 501 g/mol. The molecule has 0 atom stereocenters. The summed E-state index contributed by atoms with van der Waals surface area (Å²) in [5.41, 5.74) is 4.81. The largest absolute Gasteiger partial charge is 0.358 e. The first-order chi connectivity index (χ1) is 18.4. The minimum atomic E-state index is -1.57. The van der Waals surface area contributed by atoms with E-state index in [4.69, 9.17) is 20.7 Å². The van der Waals surface area contributed by atoms with Gasteiger partial charge in [0.1, 0.15) is 5.82 Å². The summed E-state index contributed by atoms with van der Waals surface area (Å²) < 4.78 is 2.03. The maximum absolute atomic E-state index is 12.9. The Morgan fingerprint density at radius 1 is 1.05 bits per heavy atom. The van der Waals surface area contributed by atoms with E-state index in [-0.39, 0.29) is 5.69 Å². The number of hydrogen-bond donors (Lipinski definition) is 1. The van der Waals surface area contributed by atoms with E-state index in [1.54, 1.807) is 30.6 Å². The molecule has 10 nitrogen and oxygen atoms in total. The van der Waals surface area contributed by atoms with Crippen LogP contribution in [0.1, 0.15) is 39.3 Å². The highest BCUT2D eigenvalue weighted by molar-refractivity contribution is 6.40. The maximum atomic E-state index is 12.9. The van der Waals surface area contributed by atoms with Gasteiger partial charge in [-0.1, -0.05) is 0 Å². The lowest BCUT2D eigenvalue weighted by Gasteiger charge is -2.33. The second kappa shape index (κ2) is 9.59. The Kier molecular flexibility index (Phi) is 6.09. The van der Waals surface area contributed by atoms with Gasteiger partial charge in [0.2, 0.25) is 0 Å². The van der Waals surface area contributed by atoms with Gasteiger partial charge in [0.15, 0.2) is 11.5 Å². The number of aryl methyl sites for hydroxylation is 2. The molecule has 1 amide bonds. The molecule has 0 spiro atoms. The fourth-order valence-electron chi connectivity index (χ4n) is 5.08. The average Bonchev–Trinajstić information content (AvgIpc) is 3.42. The molecule has 12 heteroatoms. The van der Waals surface area contributed by atoms with E-state index >= 15 is 0 Å². The number of hydrogen-bond acceptors (Lipinski definition) is 8. The second-order valence-corrected chi connectivity index (χ2v) is 9.68. The number of carbonyl (C=O) groups is 1. The van der Waals surface area contributed by atoms with Gasteiger partial charge in [0, 0.05) is 56.8 Å². The van der Waals surface area contributed by atoms with Crippen LogP contribution in [0.25, 0.3) is 0 Å². The Hall–Kier alpha value is -4.21. The van der Waals surface area contributed by atoms with Crippen LogP contribution in [0, 0.1) is 6.92 Å². The number of pyridine rings is 2. The van der Waals surface area contributed by atoms with E-state index in [1.807, 2.05) is 30.1 Å². The van der Waals surface area contributed by atoms with E-state index in [1.165, 1.54) is 0 Å². The summed E-state index contributed by atoms with van der Waals surface area (Å²) in [6.45, 7) is 5.19. The normalized spacial score (nSPS) is 15.1. The molecule has 0 bridgehead atoms. The van der Waals surface area contributed by atoms with E-state index in [2.05, 4.69) is 41.5 Å². The first kappa shape index (κ1) is 24.1. The number of carbonyl (C=O) groups excluding carboxylic acids is 1. The van der Waals surface area contributed by atoms with E-state index in [9.17, 15) is 4.79 Å². The summed E-state index contributed by atoms with van der Waals surface area (Å²) >= 11 is 0. The molecule has 0 aliphatic carbocycles. The van der Waals surface area contributed by atoms with Crippen molar-refractivity contribution in [2.75, 3.05) is 22.9 Å². The molecule has 0 unspecified atom stereocenters. The van der Waals surface area contributed by atoms with Crippen molar-refractivity contribution in [2.45, 2.75) is 38.2 Å². The summed E-state index contributed by atoms with van der Waals surface area (Å²) in [4.78, 5) is 26.0. The molecule has 0 aromatic carbocycles. The molecule has 6 heterocycles. The van der Waals surface area contributed by atoms with Crippen LogP contribution in [0.2, 0.25) is 0 Å². The Labute approximate surface area is 223 Å². The van der Waals surface area contributed by atoms with Gasteiger partial charge in [-0.15, -0.1) is 10.2 Å². The van der Waals surface area contributed by atoms with Crippen LogP contribution in [0.15, 0.2) is 55.1 Å². The van der Waals surface area contributed by atoms with Gasteiger partial charge in [-0.25, -0.2) is 4.68 Å². The SMILES string of the molecule is [B]C([B])(NC(=O)c1cc(C)c(N2CCc3ncc(N4CCCn5nccc54)cc3C2)nn1)c1ccncc1. The Morgan fingerprint density at radius 2 is 1.89 bits per heavy atom. The van der Waals surface area contributed by atoms with Crippen LogP contribution in [0.4, 0.5) is 17.3 Å². The predicted octanol–water partition coefficient (Wildman–Crippen LogP) is 1.75. The third-order valence-corrected chi connectivity index (χ3v) is 7.03. The van der Waals surface area contributed by atoms with Gasteiger partial charge in [-0.2, -0.15) is 5.10 Å². The highest BCUT2D eigenvalue weighted by Crippen LogP contribution is 2.32. The molecule has 2 aliphatic rings. The molecule has 186 valence electrons. The Balaban J connectivity index is 1.19. The lowest BCUT2D eigenvalue weighted by Crippen LogP contribution is -2.47. The number of anilines is 3. The van der Waals surface area contributed by atoms with Crippen LogP contribution >= 0.6 is 0 Å². The number of aromatic nitrogens is 6. The lowest BCUT2D eigenvalue weighted by atomic mass is 9.58. The summed E-state index contributed by atoms with van der Waals surface area (Å²) in [6, 6.07) is 9.25. The standard InChI is InChI=1S/C26H25B2N9O/c1-17-13-22(25(38)32-26(27,28)19-3-7-29-8-4-19)33-34-24(17)35-12-6-21-18(16-35)14-20(15-30-21)36-10-2-11-37-23(36)5-9-31-37/h3-5,7-9,13-15H,2,6,10-12,16H2,1H3,(H,32,38). The Bertz CT molecular complexity index is 1490. The molecular formula is C26H25B2N9O.